The molecule has 1 aromatic carbocycles. The highest BCUT2D eigenvalue weighted by Gasteiger charge is 2.54. The highest BCUT2D eigenvalue weighted by Crippen LogP contribution is 2.53. The van der Waals surface area contributed by atoms with Crippen molar-refractivity contribution in [2.24, 2.45) is 17.3 Å². The first-order valence-electron chi connectivity index (χ1n) is 10.1. The number of aliphatic hydroxyl groups is 1. The first-order valence-corrected chi connectivity index (χ1v) is 10.1. The lowest BCUT2D eigenvalue weighted by molar-refractivity contribution is -0.298. The molecule has 1 heterocycles. The maximum atomic E-state index is 9.89. The van der Waals surface area contributed by atoms with Gasteiger partial charge in [0, 0.05) is 23.8 Å². The molecular weight excluding hydrogens is 344 g/mol. The molecule has 1 saturated heterocycles. The molecule has 1 aliphatic heterocycles. The van der Waals surface area contributed by atoms with Gasteiger partial charge in [0.05, 0.1) is 33.0 Å². The molecule has 5 heteroatoms. The van der Waals surface area contributed by atoms with E-state index in [1.54, 1.807) is 7.11 Å². The molecule has 1 aromatic rings. The van der Waals surface area contributed by atoms with E-state index in [9.17, 15) is 5.11 Å². The van der Waals surface area contributed by atoms with Crippen LogP contribution in [0.1, 0.15) is 51.2 Å². The Kier molecular flexibility index (Phi) is 5.23. The Balaban J connectivity index is 1.36. The van der Waals surface area contributed by atoms with E-state index < -0.39 is 0 Å². The fraction of sp³-hybridized carbons (Fsp3) is 0.727. The van der Waals surface area contributed by atoms with Gasteiger partial charge < -0.3 is 24.1 Å². The van der Waals surface area contributed by atoms with E-state index in [0.717, 1.165) is 50.2 Å². The Hall–Kier alpha value is -1.14. The Bertz CT molecular complexity index is 632. The predicted molar refractivity (Wildman–Crippen MR) is 102 cm³/mol. The fourth-order valence-corrected chi connectivity index (χ4v) is 5.00. The van der Waals surface area contributed by atoms with Gasteiger partial charge in [-0.3, -0.25) is 0 Å². The molecule has 0 radical (unpaired) electrons. The van der Waals surface area contributed by atoms with E-state index in [1.165, 1.54) is 0 Å². The van der Waals surface area contributed by atoms with Crippen LogP contribution in [0.2, 0.25) is 0 Å². The van der Waals surface area contributed by atoms with Crippen molar-refractivity contribution in [3.63, 3.8) is 0 Å². The number of fused-ring (bicyclic) bond motifs is 1. The van der Waals surface area contributed by atoms with Crippen LogP contribution in [0.4, 0.5) is 0 Å². The Morgan fingerprint density at radius 3 is 2.33 bits per heavy atom. The fourth-order valence-electron chi connectivity index (χ4n) is 5.00. The lowest BCUT2D eigenvalue weighted by atomic mass is 9.94. The number of aliphatic hydroxyl groups excluding tert-OH is 1. The zero-order valence-electron chi connectivity index (χ0n) is 16.6. The molecule has 2 saturated carbocycles. The Morgan fingerprint density at radius 1 is 1.11 bits per heavy atom. The van der Waals surface area contributed by atoms with Gasteiger partial charge in [-0.25, -0.2) is 0 Å². The van der Waals surface area contributed by atoms with Crippen LogP contribution in [0.3, 0.4) is 0 Å². The highest BCUT2D eigenvalue weighted by atomic mass is 16.7. The molecule has 3 fully saturated rings. The predicted octanol–water partition coefficient (Wildman–Crippen LogP) is 3.70. The molecule has 2 aliphatic carbocycles. The SMILES string of the molecule is COc1ccccc1C(CO)OC1C[C@@H]2CC3(C[C@@H]2C1)OCC(C)(C)CO3. The lowest BCUT2D eigenvalue weighted by Crippen LogP contribution is -2.46. The summed E-state index contributed by atoms with van der Waals surface area (Å²) >= 11 is 0. The van der Waals surface area contributed by atoms with Crippen LogP contribution in [0, 0.1) is 17.3 Å². The number of benzene rings is 1. The molecule has 5 nitrogen and oxygen atoms in total. The van der Waals surface area contributed by atoms with Gasteiger partial charge in [-0.2, -0.15) is 0 Å². The molecule has 150 valence electrons. The second kappa shape index (κ2) is 7.36. The topological polar surface area (TPSA) is 57.2 Å². The number of rotatable bonds is 5. The molecule has 1 spiro atoms. The zero-order valence-corrected chi connectivity index (χ0v) is 16.6. The van der Waals surface area contributed by atoms with Crippen LogP contribution in [0.15, 0.2) is 24.3 Å². The number of ether oxygens (including phenoxy) is 4. The van der Waals surface area contributed by atoms with Gasteiger partial charge in [-0.05, 0) is 30.7 Å². The van der Waals surface area contributed by atoms with Gasteiger partial charge in [0.15, 0.2) is 5.79 Å². The van der Waals surface area contributed by atoms with Crippen molar-refractivity contribution in [2.75, 3.05) is 26.9 Å². The largest absolute Gasteiger partial charge is 0.496 e. The van der Waals surface area contributed by atoms with Gasteiger partial charge in [0.2, 0.25) is 0 Å². The molecule has 2 unspecified atom stereocenters. The van der Waals surface area contributed by atoms with Crippen molar-refractivity contribution < 1.29 is 24.1 Å². The summed E-state index contributed by atoms with van der Waals surface area (Å²) < 4.78 is 24.1. The monoisotopic (exact) mass is 376 g/mol. The standard InChI is InChI=1S/C22H32O5/c1-21(2)13-25-22(26-14-21)10-15-8-17(9-16(15)11-22)27-20(12-23)18-6-4-5-7-19(18)24-3/h4-7,15-17,20,23H,8-14H2,1-3H3/t15-,16+,17?,20?. The molecule has 1 N–H and O–H groups in total. The van der Waals surface area contributed by atoms with Crippen LogP contribution in [0.25, 0.3) is 0 Å². The first-order chi connectivity index (χ1) is 12.9. The minimum atomic E-state index is -0.366. The van der Waals surface area contributed by atoms with Crippen LogP contribution < -0.4 is 4.74 Å². The number of hydrogen-bond acceptors (Lipinski definition) is 5. The van der Waals surface area contributed by atoms with Crippen LogP contribution in [0.5, 0.6) is 5.75 Å². The van der Waals surface area contributed by atoms with Crippen molar-refractivity contribution in [3.8, 4) is 5.75 Å². The minimum Gasteiger partial charge on any atom is -0.496 e. The van der Waals surface area contributed by atoms with Crippen molar-refractivity contribution in [1.29, 1.82) is 0 Å². The summed E-state index contributed by atoms with van der Waals surface area (Å²) in [7, 11) is 1.65. The quantitative estimate of drug-likeness (QED) is 0.849. The molecule has 0 aromatic heterocycles. The van der Waals surface area contributed by atoms with Crippen molar-refractivity contribution in [1.82, 2.24) is 0 Å². The van der Waals surface area contributed by atoms with E-state index in [4.69, 9.17) is 18.9 Å². The van der Waals surface area contributed by atoms with Gasteiger partial charge in [-0.1, -0.05) is 32.0 Å². The summed E-state index contributed by atoms with van der Waals surface area (Å²) in [4.78, 5) is 0. The average Bonchev–Trinajstić information content (AvgIpc) is 3.18. The zero-order chi connectivity index (χ0) is 19.1. The first kappa shape index (κ1) is 19.2. The van der Waals surface area contributed by atoms with E-state index in [-0.39, 0.29) is 30.0 Å². The van der Waals surface area contributed by atoms with E-state index >= 15 is 0 Å². The highest BCUT2D eigenvalue weighted by molar-refractivity contribution is 5.35. The summed E-state index contributed by atoms with van der Waals surface area (Å²) in [6.07, 6.45) is 3.77. The number of para-hydroxylation sites is 1. The maximum absolute atomic E-state index is 9.89. The van der Waals surface area contributed by atoms with Gasteiger partial charge in [0.25, 0.3) is 0 Å². The summed E-state index contributed by atoms with van der Waals surface area (Å²) in [5, 5.41) is 9.89. The Morgan fingerprint density at radius 2 is 1.74 bits per heavy atom. The molecule has 27 heavy (non-hydrogen) atoms. The van der Waals surface area contributed by atoms with Crippen LogP contribution in [-0.4, -0.2) is 43.9 Å². The van der Waals surface area contributed by atoms with Crippen molar-refractivity contribution in [3.05, 3.63) is 29.8 Å². The van der Waals surface area contributed by atoms with Crippen molar-refractivity contribution >= 4 is 0 Å². The van der Waals surface area contributed by atoms with Crippen LogP contribution in [-0.2, 0) is 14.2 Å². The summed E-state index contributed by atoms with van der Waals surface area (Å²) in [5.74, 6) is 1.55. The number of hydrogen-bond donors (Lipinski definition) is 1. The molecule has 0 bridgehead atoms. The van der Waals surface area contributed by atoms with E-state index in [2.05, 4.69) is 13.8 Å². The molecule has 4 rings (SSSR count). The lowest BCUT2D eigenvalue weighted by Gasteiger charge is -2.42. The third-order valence-electron chi connectivity index (χ3n) is 6.40. The second-order valence-electron chi connectivity index (χ2n) is 9.22. The van der Waals surface area contributed by atoms with Gasteiger partial charge >= 0.3 is 0 Å². The van der Waals surface area contributed by atoms with E-state index in [0.29, 0.717) is 11.8 Å². The van der Waals surface area contributed by atoms with E-state index in [1.807, 2.05) is 24.3 Å². The second-order valence-corrected chi connectivity index (χ2v) is 9.22. The molecule has 0 amide bonds. The third-order valence-corrected chi connectivity index (χ3v) is 6.40. The van der Waals surface area contributed by atoms with Gasteiger partial charge in [-0.15, -0.1) is 0 Å². The maximum Gasteiger partial charge on any atom is 0.168 e. The number of methoxy groups -OCH3 is 1. The summed E-state index contributed by atoms with van der Waals surface area (Å²) in [6, 6.07) is 7.77. The molecule has 3 aliphatic rings. The summed E-state index contributed by atoms with van der Waals surface area (Å²) in [6.45, 7) is 5.87. The average molecular weight is 376 g/mol. The molecular formula is C22H32O5. The van der Waals surface area contributed by atoms with Gasteiger partial charge in [0.1, 0.15) is 11.9 Å². The minimum absolute atomic E-state index is 0.0442. The smallest absolute Gasteiger partial charge is 0.168 e. The van der Waals surface area contributed by atoms with Crippen molar-refractivity contribution in [2.45, 2.75) is 57.5 Å². The molecule has 4 atom stereocenters. The third kappa shape index (κ3) is 3.88. The normalized spacial score (nSPS) is 32.4. The Labute approximate surface area is 162 Å². The van der Waals surface area contributed by atoms with Crippen LogP contribution >= 0.6 is 0 Å². The summed E-state index contributed by atoms with van der Waals surface area (Å²) in [5.41, 5.74) is 1.02.